The van der Waals surface area contributed by atoms with Crippen LogP contribution in [0.2, 0.25) is 0 Å². The van der Waals surface area contributed by atoms with Crippen molar-refractivity contribution in [2.45, 2.75) is 26.4 Å². The Morgan fingerprint density at radius 3 is 2.47 bits per heavy atom. The average Bonchev–Trinajstić information content (AvgIpc) is 2.33. The first-order chi connectivity index (χ1) is 8.97. The van der Waals surface area contributed by atoms with E-state index in [1.807, 2.05) is 31.2 Å². The van der Waals surface area contributed by atoms with E-state index < -0.39 is 6.10 Å². The predicted molar refractivity (Wildman–Crippen MR) is 86.4 cm³/mol. The standard InChI is InChI=1S/C16H16Br2O/c1-10-4-3-5-12(6-10)8-16(19)13-9-14(17)11(2)7-15(13)18/h3-7,9,16,19H,8H2,1-2H3. The van der Waals surface area contributed by atoms with Crippen molar-refractivity contribution in [3.05, 3.63) is 67.6 Å². The van der Waals surface area contributed by atoms with Gasteiger partial charge in [0, 0.05) is 15.4 Å². The highest BCUT2D eigenvalue weighted by Gasteiger charge is 2.14. The van der Waals surface area contributed by atoms with Gasteiger partial charge in [-0.25, -0.2) is 0 Å². The number of rotatable bonds is 3. The zero-order valence-electron chi connectivity index (χ0n) is 11.0. The molecular weight excluding hydrogens is 368 g/mol. The highest BCUT2D eigenvalue weighted by Crippen LogP contribution is 2.31. The summed E-state index contributed by atoms with van der Waals surface area (Å²) in [5, 5.41) is 10.4. The van der Waals surface area contributed by atoms with Crippen molar-refractivity contribution in [2.24, 2.45) is 0 Å². The lowest BCUT2D eigenvalue weighted by Crippen LogP contribution is -2.03. The molecule has 0 spiro atoms. The molecule has 0 aliphatic heterocycles. The van der Waals surface area contributed by atoms with E-state index in [2.05, 4.69) is 50.9 Å². The molecule has 0 aliphatic rings. The van der Waals surface area contributed by atoms with Crippen molar-refractivity contribution < 1.29 is 5.11 Å². The second kappa shape index (κ2) is 6.21. The molecule has 1 nitrogen and oxygen atoms in total. The lowest BCUT2D eigenvalue weighted by atomic mass is 9.99. The zero-order valence-corrected chi connectivity index (χ0v) is 14.1. The van der Waals surface area contributed by atoms with Gasteiger partial charge in [0.15, 0.2) is 0 Å². The highest BCUT2D eigenvalue weighted by atomic mass is 79.9. The first kappa shape index (κ1) is 14.8. The number of hydrogen-bond acceptors (Lipinski definition) is 1. The number of aliphatic hydroxyl groups is 1. The van der Waals surface area contributed by atoms with Gasteiger partial charge in [-0.05, 0) is 42.7 Å². The van der Waals surface area contributed by atoms with Crippen LogP contribution in [0.4, 0.5) is 0 Å². The van der Waals surface area contributed by atoms with Crippen LogP contribution in [0.25, 0.3) is 0 Å². The Bertz CT molecular complexity index is 593. The van der Waals surface area contributed by atoms with Crippen molar-refractivity contribution in [2.75, 3.05) is 0 Å². The third-order valence-corrected chi connectivity index (χ3v) is 4.69. The Balaban J connectivity index is 2.25. The normalized spacial score (nSPS) is 12.5. The Labute approximate surface area is 130 Å². The Morgan fingerprint density at radius 2 is 1.79 bits per heavy atom. The van der Waals surface area contributed by atoms with Crippen LogP contribution >= 0.6 is 31.9 Å². The minimum absolute atomic E-state index is 0.506. The monoisotopic (exact) mass is 382 g/mol. The summed E-state index contributed by atoms with van der Waals surface area (Å²) in [6, 6.07) is 12.3. The van der Waals surface area contributed by atoms with Gasteiger partial charge in [-0.2, -0.15) is 0 Å². The van der Waals surface area contributed by atoms with Crippen LogP contribution in [0.5, 0.6) is 0 Å². The molecule has 1 N–H and O–H groups in total. The maximum atomic E-state index is 10.4. The largest absolute Gasteiger partial charge is 0.388 e. The summed E-state index contributed by atoms with van der Waals surface area (Å²) in [5.41, 5.74) is 4.43. The molecule has 0 fully saturated rings. The molecule has 3 heteroatoms. The molecule has 0 aromatic heterocycles. The van der Waals surface area contributed by atoms with E-state index in [1.165, 1.54) is 5.56 Å². The Hall–Kier alpha value is -0.640. The van der Waals surface area contributed by atoms with Crippen LogP contribution < -0.4 is 0 Å². The minimum Gasteiger partial charge on any atom is -0.388 e. The summed E-state index contributed by atoms with van der Waals surface area (Å²) < 4.78 is 1.97. The summed E-state index contributed by atoms with van der Waals surface area (Å²) >= 11 is 7.04. The van der Waals surface area contributed by atoms with Gasteiger partial charge in [0.1, 0.15) is 0 Å². The maximum Gasteiger partial charge on any atom is 0.0841 e. The van der Waals surface area contributed by atoms with Crippen molar-refractivity contribution in [3.63, 3.8) is 0 Å². The Kier molecular flexibility index (Phi) is 4.82. The summed E-state index contributed by atoms with van der Waals surface area (Å²) in [5.74, 6) is 0. The molecule has 0 saturated carbocycles. The van der Waals surface area contributed by atoms with E-state index in [0.717, 1.165) is 25.6 Å². The van der Waals surface area contributed by atoms with Gasteiger partial charge in [-0.3, -0.25) is 0 Å². The summed E-state index contributed by atoms with van der Waals surface area (Å²) in [7, 11) is 0. The number of hydrogen-bond donors (Lipinski definition) is 1. The van der Waals surface area contributed by atoms with E-state index in [0.29, 0.717) is 6.42 Å². The average molecular weight is 384 g/mol. The molecule has 0 saturated heterocycles. The summed E-state index contributed by atoms with van der Waals surface area (Å²) in [4.78, 5) is 0. The van der Waals surface area contributed by atoms with Gasteiger partial charge in [-0.15, -0.1) is 0 Å². The van der Waals surface area contributed by atoms with Crippen LogP contribution in [-0.4, -0.2) is 5.11 Å². The molecule has 1 atom stereocenters. The molecule has 1 unspecified atom stereocenters. The molecule has 0 heterocycles. The third-order valence-electron chi connectivity index (χ3n) is 3.15. The molecule has 0 amide bonds. The van der Waals surface area contributed by atoms with Crippen LogP contribution in [0, 0.1) is 13.8 Å². The topological polar surface area (TPSA) is 20.2 Å². The highest BCUT2D eigenvalue weighted by molar-refractivity contribution is 9.11. The minimum atomic E-state index is -0.506. The van der Waals surface area contributed by atoms with E-state index in [4.69, 9.17) is 0 Å². The molecule has 2 aromatic carbocycles. The van der Waals surface area contributed by atoms with Gasteiger partial charge < -0.3 is 5.11 Å². The molecule has 2 aromatic rings. The van der Waals surface area contributed by atoms with E-state index in [9.17, 15) is 5.11 Å². The molecule has 0 bridgehead atoms. The Morgan fingerprint density at radius 1 is 1.05 bits per heavy atom. The van der Waals surface area contributed by atoms with E-state index >= 15 is 0 Å². The SMILES string of the molecule is Cc1cccc(CC(O)c2cc(Br)c(C)cc2Br)c1. The quantitative estimate of drug-likeness (QED) is 0.781. The molecule has 2 rings (SSSR count). The second-order valence-corrected chi connectivity index (χ2v) is 6.54. The smallest absolute Gasteiger partial charge is 0.0841 e. The summed E-state index contributed by atoms with van der Waals surface area (Å²) in [6.07, 6.45) is 0.114. The predicted octanol–water partition coefficient (Wildman–Crippen LogP) is 5.10. The van der Waals surface area contributed by atoms with Gasteiger partial charge >= 0.3 is 0 Å². The number of aliphatic hydroxyl groups excluding tert-OH is 1. The van der Waals surface area contributed by atoms with Crippen molar-refractivity contribution in [1.29, 1.82) is 0 Å². The maximum absolute atomic E-state index is 10.4. The van der Waals surface area contributed by atoms with Crippen LogP contribution in [0.15, 0.2) is 45.3 Å². The molecule has 0 aliphatic carbocycles. The van der Waals surface area contributed by atoms with E-state index in [-0.39, 0.29) is 0 Å². The van der Waals surface area contributed by atoms with Crippen LogP contribution in [0.1, 0.15) is 28.4 Å². The first-order valence-corrected chi connectivity index (χ1v) is 7.75. The number of aryl methyl sites for hydroxylation is 2. The fourth-order valence-electron chi connectivity index (χ4n) is 2.09. The third kappa shape index (κ3) is 3.68. The second-order valence-electron chi connectivity index (χ2n) is 4.83. The van der Waals surface area contributed by atoms with E-state index in [1.54, 1.807) is 0 Å². The fraction of sp³-hybridized carbons (Fsp3) is 0.250. The summed E-state index contributed by atoms with van der Waals surface area (Å²) in [6.45, 7) is 4.10. The van der Waals surface area contributed by atoms with Gasteiger partial charge in [0.2, 0.25) is 0 Å². The van der Waals surface area contributed by atoms with Gasteiger partial charge in [0.05, 0.1) is 6.10 Å². The molecule has 19 heavy (non-hydrogen) atoms. The lowest BCUT2D eigenvalue weighted by molar-refractivity contribution is 0.177. The molecule has 100 valence electrons. The molecule has 0 radical (unpaired) electrons. The van der Waals surface area contributed by atoms with Crippen LogP contribution in [-0.2, 0) is 6.42 Å². The first-order valence-electron chi connectivity index (χ1n) is 6.16. The number of halogens is 2. The van der Waals surface area contributed by atoms with Crippen molar-refractivity contribution >= 4 is 31.9 Å². The zero-order chi connectivity index (χ0) is 14.0. The fourth-order valence-corrected chi connectivity index (χ4v) is 3.17. The van der Waals surface area contributed by atoms with Crippen molar-refractivity contribution in [3.8, 4) is 0 Å². The van der Waals surface area contributed by atoms with Gasteiger partial charge in [0.25, 0.3) is 0 Å². The molecular formula is C16H16Br2O. The van der Waals surface area contributed by atoms with Crippen molar-refractivity contribution in [1.82, 2.24) is 0 Å². The lowest BCUT2D eigenvalue weighted by Gasteiger charge is -2.15. The number of benzene rings is 2. The van der Waals surface area contributed by atoms with Crippen LogP contribution in [0.3, 0.4) is 0 Å². The van der Waals surface area contributed by atoms with Gasteiger partial charge in [-0.1, -0.05) is 61.7 Å².